The number of hydrogen-bond donors (Lipinski definition) is 1. The van der Waals surface area contributed by atoms with E-state index in [1.165, 1.54) is 0 Å². The van der Waals surface area contributed by atoms with E-state index < -0.39 is 0 Å². The number of rotatable bonds is 2. The third kappa shape index (κ3) is 2.80. The molecule has 3 nitrogen and oxygen atoms in total. The Hall–Kier alpha value is -1.16. The molecule has 18 heavy (non-hydrogen) atoms. The standard InChI is InChI=1S/C14H19NO2S/c1-10-3-4-11(9-13(10)16)14(17)15-7-5-12(18-2)6-8-15/h3-4,9,12,16H,5-8H2,1-2H3. The second-order valence-electron chi connectivity index (χ2n) is 4.73. The van der Waals surface area contributed by atoms with E-state index in [2.05, 4.69) is 6.26 Å². The highest BCUT2D eigenvalue weighted by atomic mass is 32.2. The first kappa shape index (κ1) is 13.3. The van der Waals surface area contributed by atoms with Gasteiger partial charge in [-0.05, 0) is 43.7 Å². The predicted octanol–water partition coefficient (Wildman–Crippen LogP) is 2.67. The van der Waals surface area contributed by atoms with Crippen LogP contribution in [-0.4, -0.2) is 40.5 Å². The lowest BCUT2D eigenvalue weighted by Crippen LogP contribution is -2.39. The Morgan fingerprint density at radius 3 is 2.61 bits per heavy atom. The molecule has 0 aromatic heterocycles. The number of benzene rings is 1. The molecule has 1 aliphatic heterocycles. The molecular formula is C14H19NO2S. The third-order valence-corrected chi connectivity index (χ3v) is 4.66. The molecule has 1 heterocycles. The summed E-state index contributed by atoms with van der Waals surface area (Å²) in [6.45, 7) is 3.46. The molecule has 1 amide bonds. The molecule has 0 radical (unpaired) electrons. The Labute approximate surface area is 112 Å². The fourth-order valence-corrected chi connectivity index (χ4v) is 2.90. The highest BCUT2D eigenvalue weighted by Gasteiger charge is 2.23. The van der Waals surface area contributed by atoms with Gasteiger partial charge in [-0.25, -0.2) is 0 Å². The van der Waals surface area contributed by atoms with Crippen LogP contribution in [0.3, 0.4) is 0 Å². The number of aryl methyl sites for hydroxylation is 1. The van der Waals surface area contributed by atoms with Crippen molar-refractivity contribution in [2.75, 3.05) is 19.3 Å². The van der Waals surface area contributed by atoms with Crippen LogP contribution in [0, 0.1) is 6.92 Å². The van der Waals surface area contributed by atoms with Crippen molar-refractivity contribution in [1.29, 1.82) is 0 Å². The van der Waals surface area contributed by atoms with E-state index in [0.29, 0.717) is 10.8 Å². The minimum atomic E-state index is 0.0323. The number of phenolic OH excluding ortho intramolecular Hbond substituents is 1. The number of hydrogen-bond acceptors (Lipinski definition) is 3. The van der Waals surface area contributed by atoms with Gasteiger partial charge in [0.1, 0.15) is 5.75 Å². The number of phenols is 1. The normalized spacial score (nSPS) is 16.9. The van der Waals surface area contributed by atoms with Gasteiger partial charge in [0.05, 0.1) is 0 Å². The van der Waals surface area contributed by atoms with E-state index in [1.807, 2.05) is 23.6 Å². The van der Waals surface area contributed by atoms with Crippen molar-refractivity contribution < 1.29 is 9.90 Å². The molecule has 1 aromatic carbocycles. The van der Waals surface area contributed by atoms with Gasteiger partial charge in [-0.2, -0.15) is 11.8 Å². The number of carbonyl (C=O) groups is 1. The molecule has 2 rings (SSSR count). The molecule has 1 aliphatic rings. The SMILES string of the molecule is CSC1CCN(C(=O)c2ccc(C)c(O)c2)CC1. The summed E-state index contributed by atoms with van der Waals surface area (Å²) in [5.41, 5.74) is 1.38. The minimum Gasteiger partial charge on any atom is -0.508 e. The van der Waals surface area contributed by atoms with Gasteiger partial charge in [0, 0.05) is 23.9 Å². The van der Waals surface area contributed by atoms with Crippen LogP contribution in [0.15, 0.2) is 18.2 Å². The summed E-state index contributed by atoms with van der Waals surface area (Å²) in [5.74, 6) is 0.227. The first-order chi connectivity index (χ1) is 8.61. The number of carbonyl (C=O) groups excluding carboxylic acids is 1. The first-order valence-electron chi connectivity index (χ1n) is 6.23. The maximum absolute atomic E-state index is 12.3. The van der Waals surface area contributed by atoms with Crippen LogP contribution >= 0.6 is 11.8 Å². The van der Waals surface area contributed by atoms with Gasteiger partial charge in [-0.3, -0.25) is 4.79 Å². The summed E-state index contributed by atoms with van der Waals surface area (Å²) in [7, 11) is 0. The second kappa shape index (κ2) is 5.65. The molecule has 1 aromatic rings. The van der Waals surface area contributed by atoms with Crippen molar-refractivity contribution in [2.24, 2.45) is 0 Å². The lowest BCUT2D eigenvalue weighted by molar-refractivity contribution is 0.0727. The van der Waals surface area contributed by atoms with Crippen LogP contribution in [0.4, 0.5) is 0 Å². The molecule has 1 saturated heterocycles. The van der Waals surface area contributed by atoms with E-state index in [9.17, 15) is 9.90 Å². The van der Waals surface area contributed by atoms with E-state index in [1.54, 1.807) is 18.2 Å². The lowest BCUT2D eigenvalue weighted by atomic mass is 10.1. The number of nitrogens with zero attached hydrogens (tertiary/aromatic N) is 1. The summed E-state index contributed by atoms with van der Waals surface area (Å²) >= 11 is 1.88. The molecule has 0 saturated carbocycles. The van der Waals surface area contributed by atoms with Crippen molar-refractivity contribution in [3.63, 3.8) is 0 Å². The van der Waals surface area contributed by atoms with Crippen molar-refractivity contribution in [2.45, 2.75) is 25.0 Å². The zero-order chi connectivity index (χ0) is 13.1. The third-order valence-electron chi connectivity index (χ3n) is 3.52. The Balaban J connectivity index is 2.05. The Morgan fingerprint density at radius 2 is 2.06 bits per heavy atom. The topological polar surface area (TPSA) is 40.5 Å². The monoisotopic (exact) mass is 265 g/mol. The Bertz CT molecular complexity index is 439. The summed E-state index contributed by atoms with van der Waals surface area (Å²) in [6.07, 6.45) is 4.25. The van der Waals surface area contributed by atoms with Crippen LogP contribution in [0.5, 0.6) is 5.75 Å². The Morgan fingerprint density at radius 1 is 1.39 bits per heavy atom. The van der Waals surface area contributed by atoms with Crippen LogP contribution in [-0.2, 0) is 0 Å². The van der Waals surface area contributed by atoms with Crippen LogP contribution in [0.2, 0.25) is 0 Å². The largest absolute Gasteiger partial charge is 0.508 e. The molecule has 0 unspecified atom stereocenters. The summed E-state index contributed by atoms with van der Waals surface area (Å²) in [4.78, 5) is 14.2. The number of piperidine rings is 1. The minimum absolute atomic E-state index is 0.0323. The van der Waals surface area contributed by atoms with Gasteiger partial charge in [0.2, 0.25) is 0 Å². The number of likely N-dealkylation sites (tertiary alicyclic amines) is 1. The van der Waals surface area contributed by atoms with Gasteiger partial charge in [-0.15, -0.1) is 0 Å². The second-order valence-corrected chi connectivity index (χ2v) is 5.87. The zero-order valence-electron chi connectivity index (χ0n) is 10.8. The lowest BCUT2D eigenvalue weighted by Gasteiger charge is -2.31. The highest BCUT2D eigenvalue weighted by Crippen LogP contribution is 2.23. The average Bonchev–Trinajstić information content (AvgIpc) is 2.41. The van der Waals surface area contributed by atoms with Crippen molar-refractivity contribution in [3.05, 3.63) is 29.3 Å². The van der Waals surface area contributed by atoms with Gasteiger partial charge >= 0.3 is 0 Å². The molecular weight excluding hydrogens is 246 g/mol. The molecule has 0 aliphatic carbocycles. The van der Waals surface area contributed by atoms with E-state index >= 15 is 0 Å². The number of thioether (sulfide) groups is 1. The molecule has 1 fully saturated rings. The van der Waals surface area contributed by atoms with E-state index in [0.717, 1.165) is 31.5 Å². The number of amides is 1. The van der Waals surface area contributed by atoms with Crippen molar-refractivity contribution >= 4 is 17.7 Å². The van der Waals surface area contributed by atoms with Gasteiger partial charge in [0.15, 0.2) is 0 Å². The van der Waals surface area contributed by atoms with Crippen LogP contribution < -0.4 is 0 Å². The quantitative estimate of drug-likeness (QED) is 0.893. The first-order valence-corrected chi connectivity index (χ1v) is 7.52. The maximum atomic E-state index is 12.3. The van der Waals surface area contributed by atoms with Crippen LogP contribution in [0.25, 0.3) is 0 Å². The summed E-state index contributed by atoms with van der Waals surface area (Å²) in [6, 6.07) is 5.15. The smallest absolute Gasteiger partial charge is 0.253 e. The highest BCUT2D eigenvalue weighted by molar-refractivity contribution is 7.99. The average molecular weight is 265 g/mol. The van der Waals surface area contributed by atoms with Gasteiger partial charge in [0.25, 0.3) is 5.91 Å². The van der Waals surface area contributed by atoms with Crippen molar-refractivity contribution in [3.8, 4) is 5.75 Å². The van der Waals surface area contributed by atoms with E-state index in [4.69, 9.17) is 0 Å². The van der Waals surface area contributed by atoms with Crippen LogP contribution in [0.1, 0.15) is 28.8 Å². The molecule has 0 atom stereocenters. The predicted molar refractivity (Wildman–Crippen MR) is 75.3 cm³/mol. The molecule has 1 N–H and O–H groups in total. The molecule has 0 bridgehead atoms. The Kier molecular flexibility index (Phi) is 4.17. The zero-order valence-corrected chi connectivity index (χ0v) is 11.7. The summed E-state index contributed by atoms with van der Waals surface area (Å²) < 4.78 is 0. The van der Waals surface area contributed by atoms with Gasteiger partial charge in [-0.1, -0.05) is 6.07 Å². The van der Waals surface area contributed by atoms with Gasteiger partial charge < -0.3 is 10.0 Å². The number of aromatic hydroxyl groups is 1. The maximum Gasteiger partial charge on any atom is 0.253 e. The fourth-order valence-electron chi connectivity index (χ4n) is 2.22. The fraction of sp³-hybridized carbons (Fsp3) is 0.500. The summed E-state index contributed by atoms with van der Waals surface area (Å²) in [5, 5.41) is 10.3. The molecule has 0 spiro atoms. The van der Waals surface area contributed by atoms with Crippen molar-refractivity contribution in [1.82, 2.24) is 4.90 Å². The van der Waals surface area contributed by atoms with E-state index in [-0.39, 0.29) is 11.7 Å². The molecule has 4 heteroatoms. The molecule has 98 valence electrons.